The molecule has 0 aromatic carbocycles. The lowest BCUT2D eigenvalue weighted by Gasteiger charge is -2.11. The first-order chi connectivity index (χ1) is 8.56. The zero-order valence-electron chi connectivity index (χ0n) is 11.0. The predicted molar refractivity (Wildman–Crippen MR) is 77.6 cm³/mol. The lowest BCUT2D eigenvalue weighted by Crippen LogP contribution is -2.09. The SMILES string of the molecule is COCCOCCc1nc(=S)c(Br)c(C(C)C)[nH]1. The predicted octanol–water partition coefficient (Wildman–Crippen LogP) is 3.23. The van der Waals surface area contributed by atoms with Crippen LogP contribution in [0.1, 0.15) is 31.3 Å². The molecule has 0 saturated heterocycles. The molecule has 0 bridgehead atoms. The molecule has 0 atom stereocenters. The molecule has 0 amide bonds. The summed E-state index contributed by atoms with van der Waals surface area (Å²) in [4.78, 5) is 7.64. The van der Waals surface area contributed by atoms with E-state index in [0.717, 1.165) is 22.4 Å². The van der Waals surface area contributed by atoms with Crippen molar-refractivity contribution < 1.29 is 9.47 Å². The number of aromatic nitrogens is 2. The van der Waals surface area contributed by atoms with Gasteiger partial charge in [-0.15, -0.1) is 0 Å². The number of methoxy groups -OCH3 is 1. The minimum Gasteiger partial charge on any atom is -0.382 e. The molecule has 102 valence electrons. The van der Waals surface area contributed by atoms with Crippen LogP contribution in [-0.4, -0.2) is 36.9 Å². The average molecular weight is 335 g/mol. The fourth-order valence-electron chi connectivity index (χ4n) is 1.45. The third-order valence-corrected chi connectivity index (χ3v) is 3.79. The lowest BCUT2D eigenvalue weighted by molar-refractivity contribution is 0.0716. The molecule has 0 saturated carbocycles. The Bertz CT molecular complexity index is 435. The van der Waals surface area contributed by atoms with E-state index in [4.69, 9.17) is 21.7 Å². The van der Waals surface area contributed by atoms with Crippen LogP contribution in [0.3, 0.4) is 0 Å². The highest BCUT2D eigenvalue weighted by atomic mass is 79.9. The maximum absolute atomic E-state index is 5.42. The summed E-state index contributed by atoms with van der Waals surface area (Å²) < 4.78 is 11.8. The maximum Gasteiger partial charge on any atom is 0.144 e. The fraction of sp³-hybridized carbons (Fsp3) is 0.667. The molecule has 1 aromatic heterocycles. The van der Waals surface area contributed by atoms with E-state index in [0.29, 0.717) is 30.4 Å². The van der Waals surface area contributed by atoms with Crippen molar-refractivity contribution in [3.8, 4) is 0 Å². The first-order valence-corrected chi connectivity index (χ1v) is 7.11. The van der Waals surface area contributed by atoms with Gasteiger partial charge in [-0.1, -0.05) is 26.1 Å². The highest BCUT2D eigenvalue weighted by molar-refractivity contribution is 9.10. The molecule has 1 rings (SSSR count). The van der Waals surface area contributed by atoms with Gasteiger partial charge in [0.25, 0.3) is 0 Å². The van der Waals surface area contributed by atoms with Gasteiger partial charge in [0.1, 0.15) is 10.5 Å². The minimum absolute atomic E-state index is 0.372. The molecule has 0 unspecified atom stereocenters. The Kier molecular flexibility index (Phi) is 6.99. The summed E-state index contributed by atoms with van der Waals surface area (Å²) in [5.41, 5.74) is 1.09. The number of rotatable bonds is 7. The van der Waals surface area contributed by atoms with Crippen LogP contribution >= 0.6 is 28.1 Å². The van der Waals surface area contributed by atoms with Gasteiger partial charge in [0.2, 0.25) is 0 Å². The van der Waals surface area contributed by atoms with Gasteiger partial charge in [0, 0.05) is 19.2 Å². The number of ether oxygens (including phenoxy) is 2. The van der Waals surface area contributed by atoms with E-state index in [9.17, 15) is 0 Å². The summed E-state index contributed by atoms with van der Waals surface area (Å²) in [7, 11) is 1.66. The molecule has 0 radical (unpaired) electrons. The van der Waals surface area contributed by atoms with Crippen LogP contribution in [0.5, 0.6) is 0 Å². The average Bonchev–Trinajstić information content (AvgIpc) is 2.32. The van der Waals surface area contributed by atoms with Crippen LogP contribution in [0, 0.1) is 4.64 Å². The molecule has 6 heteroatoms. The summed E-state index contributed by atoms with van der Waals surface area (Å²) in [6, 6.07) is 0. The van der Waals surface area contributed by atoms with E-state index < -0.39 is 0 Å². The molecule has 1 N–H and O–H groups in total. The summed E-state index contributed by atoms with van der Waals surface area (Å²) in [5, 5.41) is 0. The van der Waals surface area contributed by atoms with Gasteiger partial charge < -0.3 is 14.5 Å². The molecule has 0 aliphatic heterocycles. The Hall–Kier alpha value is -0.300. The summed E-state index contributed by atoms with van der Waals surface area (Å²) in [6.07, 6.45) is 0.723. The van der Waals surface area contributed by atoms with E-state index in [1.165, 1.54) is 0 Å². The van der Waals surface area contributed by atoms with Crippen molar-refractivity contribution >= 4 is 28.1 Å². The third kappa shape index (κ3) is 4.76. The van der Waals surface area contributed by atoms with E-state index >= 15 is 0 Å². The van der Waals surface area contributed by atoms with E-state index in [2.05, 4.69) is 39.7 Å². The molecule has 4 nitrogen and oxygen atoms in total. The molecule has 0 aliphatic carbocycles. The van der Waals surface area contributed by atoms with Gasteiger partial charge in [-0.2, -0.15) is 0 Å². The molecule has 0 fully saturated rings. The molecule has 1 heterocycles. The van der Waals surface area contributed by atoms with Gasteiger partial charge >= 0.3 is 0 Å². The van der Waals surface area contributed by atoms with E-state index in [1.54, 1.807) is 7.11 Å². The number of nitrogens with one attached hydrogen (secondary N) is 1. The fourth-order valence-corrected chi connectivity index (χ4v) is 2.32. The topological polar surface area (TPSA) is 47.1 Å². The number of nitrogens with zero attached hydrogens (tertiary/aromatic N) is 1. The summed E-state index contributed by atoms with van der Waals surface area (Å²) in [5.74, 6) is 1.24. The Morgan fingerprint density at radius 1 is 1.33 bits per heavy atom. The smallest absolute Gasteiger partial charge is 0.144 e. The van der Waals surface area contributed by atoms with Gasteiger partial charge in [0.15, 0.2) is 0 Å². The van der Waals surface area contributed by atoms with Gasteiger partial charge in [0.05, 0.1) is 24.3 Å². The van der Waals surface area contributed by atoms with Crippen molar-refractivity contribution in [2.75, 3.05) is 26.9 Å². The molecule has 1 aromatic rings. The Labute approximate surface area is 121 Å². The molecule has 18 heavy (non-hydrogen) atoms. The number of hydrogen-bond acceptors (Lipinski definition) is 4. The monoisotopic (exact) mass is 334 g/mol. The molecular weight excluding hydrogens is 316 g/mol. The molecule has 0 spiro atoms. The van der Waals surface area contributed by atoms with Gasteiger partial charge in [-0.25, -0.2) is 4.98 Å². The maximum atomic E-state index is 5.42. The zero-order chi connectivity index (χ0) is 13.5. The molecule has 0 aliphatic rings. The Balaban J connectivity index is 2.64. The number of halogens is 1. The second-order valence-corrected chi connectivity index (χ2v) is 5.41. The lowest BCUT2D eigenvalue weighted by atomic mass is 10.1. The first-order valence-electron chi connectivity index (χ1n) is 5.91. The third-order valence-electron chi connectivity index (χ3n) is 2.43. The highest BCUT2D eigenvalue weighted by Gasteiger charge is 2.09. The second-order valence-electron chi connectivity index (χ2n) is 4.23. The molecular formula is C12H19BrN2O2S. The Morgan fingerprint density at radius 2 is 2.06 bits per heavy atom. The van der Waals surface area contributed by atoms with E-state index in [1.807, 2.05) is 0 Å². The van der Waals surface area contributed by atoms with Gasteiger partial charge in [-0.3, -0.25) is 0 Å². The largest absolute Gasteiger partial charge is 0.382 e. The van der Waals surface area contributed by atoms with Crippen LogP contribution in [-0.2, 0) is 15.9 Å². The van der Waals surface area contributed by atoms with E-state index in [-0.39, 0.29) is 0 Å². The van der Waals surface area contributed by atoms with Crippen molar-refractivity contribution in [1.29, 1.82) is 0 Å². The zero-order valence-corrected chi connectivity index (χ0v) is 13.4. The van der Waals surface area contributed by atoms with Crippen molar-refractivity contribution in [3.63, 3.8) is 0 Å². The summed E-state index contributed by atoms with van der Waals surface area (Å²) in [6.45, 7) is 6.06. The van der Waals surface area contributed by atoms with Crippen LogP contribution in [0.15, 0.2) is 4.47 Å². The van der Waals surface area contributed by atoms with Gasteiger partial charge in [-0.05, 0) is 21.8 Å². The van der Waals surface area contributed by atoms with Crippen molar-refractivity contribution in [2.24, 2.45) is 0 Å². The number of aromatic amines is 1. The van der Waals surface area contributed by atoms with Crippen molar-refractivity contribution in [1.82, 2.24) is 9.97 Å². The van der Waals surface area contributed by atoms with Crippen LogP contribution in [0.25, 0.3) is 0 Å². The quantitative estimate of drug-likeness (QED) is 0.614. The highest BCUT2D eigenvalue weighted by Crippen LogP contribution is 2.23. The van der Waals surface area contributed by atoms with Crippen LogP contribution in [0.2, 0.25) is 0 Å². The van der Waals surface area contributed by atoms with Crippen LogP contribution < -0.4 is 0 Å². The summed E-state index contributed by atoms with van der Waals surface area (Å²) >= 11 is 8.70. The standard InChI is InChI=1S/C12H19BrN2O2S/c1-8(2)11-10(13)12(18)15-9(14-11)4-5-17-7-6-16-3/h8H,4-7H2,1-3H3,(H,14,15,18). The second kappa shape index (κ2) is 7.99. The number of hydrogen-bond donors (Lipinski definition) is 1. The van der Waals surface area contributed by atoms with Crippen molar-refractivity contribution in [2.45, 2.75) is 26.2 Å². The van der Waals surface area contributed by atoms with Crippen LogP contribution in [0.4, 0.5) is 0 Å². The Morgan fingerprint density at radius 3 is 2.67 bits per heavy atom. The van der Waals surface area contributed by atoms with Crippen molar-refractivity contribution in [3.05, 3.63) is 20.6 Å². The first kappa shape index (κ1) is 15.8. The minimum atomic E-state index is 0.372. The number of H-pyrrole nitrogens is 1. The normalized spacial score (nSPS) is 11.2.